The second-order valence-corrected chi connectivity index (χ2v) is 3.29. The zero-order valence-electron chi connectivity index (χ0n) is 6.81. The Morgan fingerprint density at radius 3 is 3.18 bits per heavy atom. The van der Waals surface area contributed by atoms with Crippen LogP contribution in [-0.2, 0) is 4.74 Å². The van der Waals surface area contributed by atoms with Crippen molar-refractivity contribution in [1.29, 1.82) is 0 Å². The predicted molar refractivity (Wildman–Crippen MR) is 44.2 cm³/mol. The van der Waals surface area contributed by atoms with Crippen molar-refractivity contribution < 1.29 is 4.74 Å². The number of ether oxygens (including phenoxy) is 1. The lowest BCUT2D eigenvalue weighted by Gasteiger charge is -2.23. The predicted octanol–water partition coefficient (Wildman–Crippen LogP) is 1.29. The molecule has 0 spiro atoms. The van der Waals surface area contributed by atoms with Gasteiger partial charge in [-0.15, -0.1) is 0 Å². The topological polar surface area (TPSA) is 21.3 Å². The van der Waals surface area contributed by atoms with Gasteiger partial charge in [0.1, 0.15) is 0 Å². The van der Waals surface area contributed by atoms with E-state index in [4.69, 9.17) is 4.74 Å². The quantitative estimate of drug-likeness (QED) is 0.613. The number of hydrogen-bond acceptors (Lipinski definition) is 2. The van der Waals surface area contributed by atoms with E-state index in [1.54, 1.807) is 0 Å². The number of hydrogen-bond donors (Lipinski definition) is 1. The molecule has 0 aromatic carbocycles. The summed E-state index contributed by atoms with van der Waals surface area (Å²) in [5.74, 6) is 1.92. The number of rotatable bonds is 1. The minimum absolute atomic E-state index is 0.672. The van der Waals surface area contributed by atoms with Gasteiger partial charge in [0.2, 0.25) is 0 Å². The van der Waals surface area contributed by atoms with E-state index in [-0.39, 0.29) is 0 Å². The van der Waals surface area contributed by atoms with E-state index >= 15 is 0 Å². The fraction of sp³-hybridized carbons (Fsp3) is 0.778. The van der Waals surface area contributed by atoms with Crippen LogP contribution in [0.1, 0.15) is 19.3 Å². The van der Waals surface area contributed by atoms with Crippen LogP contribution in [0.5, 0.6) is 0 Å². The van der Waals surface area contributed by atoms with Crippen LogP contribution in [-0.4, -0.2) is 19.7 Å². The molecule has 0 saturated carbocycles. The third-order valence-electron chi connectivity index (χ3n) is 2.43. The lowest BCUT2D eigenvalue weighted by Crippen LogP contribution is -2.30. The molecule has 0 amide bonds. The van der Waals surface area contributed by atoms with Crippen molar-refractivity contribution in [2.75, 3.05) is 19.7 Å². The minimum Gasteiger partial charge on any atom is -0.498 e. The van der Waals surface area contributed by atoms with Crippen molar-refractivity contribution in [1.82, 2.24) is 5.32 Å². The summed E-state index contributed by atoms with van der Waals surface area (Å²) >= 11 is 0. The van der Waals surface area contributed by atoms with Crippen molar-refractivity contribution >= 4 is 0 Å². The summed E-state index contributed by atoms with van der Waals surface area (Å²) in [7, 11) is 0. The normalized spacial score (nSPS) is 31.3. The Hall–Kier alpha value is -0.500. The summed E-state index contributed by atoms with van der Waals surface area (Å²) in [6.45, 7) is 3.21. The van der Waals surface area contributed by atoms with Gasteiger partial charge >= 0.3 is 0 Å². The standard InChI is InChI=1S/C9H15NO/c1-3-8(7-10-5-1)9-4-2-6-11-9/h4,8,10H,1-3,5-7H2. The van der Waals surface area contributed by atoms with E-state index in [1.807, 2.05) is 0 Å². The van der Waals surface area contributed by atoms with Crippen LogP contribution in [0.2, 0.25) is 0 Å². The lowest BCUT2D eigenvalue weighted by molar-refractivity contribution is 0.192. The van der Waals surface area contributed by atoms with E-state index in [2.05, 4.69) is 11.4 Å². The molecule has 1 saturated heterocycles. The third kappa shape index (κ3) is 1.56. The average molecular weight is 153 g/mol. The molecule has 0 aromatic heterocycles. The van der Waals surface area contributed by atoms with E-state index in [0.717, 1.165) is 19.6 Å². The van der Waals surface area contributed by atoms with Gasteiger partial charge in [-0.1, -0.05) is 0 Å². The summed E-state index contributed by atoms with van der Waals surface area (Å²) in [5, 5.41) is 3.39. The molecule has 1 unspecified atom stereocenters. The SMILES string of the molecule is C1=C(C2CCCNC2)OCC1. The molecule has 2 aliphatic rings. The molecular formula is C9H15NO. The summed E-state index contributed by atoms with van der Waals surface area (Å²) in [5.41, 5.74) is 0. The van der Waals surface area contributed by atoms with Gasteiger partial charge in [0, 0.05) is 18.9 Å². The molecule has 0 aromatic rings. The molecule has 2 heteroatoms. The Morgan fingerprint density at radius 2 is 2.55 bits per heavy atom. The van der Waals surface area contributed by atoms with Crippen molar-refractivity contribution in [3.8, 4) is 0 Å². The zero-order chi connectivity index (χ0) is 7.52. The summed E-state index contributed by atoms with van der Waals surface area (Å²) in [4.78, 5) is 0. The van der Waals surface area contributed by atoms with Crippen LogP contribution >= 0.6 is 0 Å². The van der Waals surface area contributed by atoms with Crippen molar-refractivity contribution in [3.63, 3.8) is 0 Å². The van der Waals surface area contributed by atoms with E-state index in [0.29, 0.717) is 5.92 Å². The van der Waals surface area contributed by atoms with E-state index < -0.39 is 0 Å². The zero-order valence-corrected chi connectivity index (χ0v) is 6.81. The number of nitrogens with one attached hydrogen (secondary N) is 1. The Labute approximate surface area is 67.6 Å². The Kier molecular flexibility index (Phi) is 2.13. The maximum atomic E-state index is 5.51. The van der Waals surface area contributed by atoms with Gasteiger partial charge in [0.05, 0.1) is 12.4 Å². The fourth-order valence-electron chi connectivity index (χ4n) is 1.82. The first-order valence-electron chi connectivity index (χ1n) is 4.50. The molecule has 2 aliphatic heterocycles. The lowest BCUT2D eigenvalue weighted by atomic mass is 9.97. The highest BCUT2D eigenvalue weighted by molar-refractivity contribution is 5.04. The van der Waals surface area contributed by atoms with Gasteiger partial charge < -0.3 is 10.1 Å². The molecule has 0 bridgehead atoms. The Balaban J connectivity index is 1.92. The van der Waals surface area contributed by atoms with E-state index in [1.165, 1.54) is 25.1 Å². The molecular weight excluding hydrogens is 138 g/mol. The number of piperidine rings is 1. The highest BCUT2D eigenvalue weighted by Crippen LogP contribution is 2.24. The highest BCUT2D eigenvalue weighted by Gasteiger charge is 2.20. The average Bonchev–Trinajstić information content (AvgIpc) is 2.58. The molecule has 11 heavy (non-hydrogen) atoms. The molecule has 1 atom stereocenters. The van der Waals surface area contributed by atoms with Crippen LogP contribution < -0.4 is 5.32 Å². The van der Waals surface area contributed by atoms with Crippen molar-refractivity contribution in [3.05, 3.63) is 11.8 Å². The second kappa shape index (κ2) is 3.26. The largest absolute Gasteiger partial charge is 0.498 e. The molecule has 62 valence electrons. The van der Waals surface area contributed by atoms with Crippen LogP contribution in [0.15, 0.2) is 11.8 Å². The first-order valence-corrected chi connectivity index (χ1v) is 4.50. The molecule has 0 aliphatic carbocycles. The van der Waals surface area contributed by atoms with Gasteiger partial charge in [-0.05, 0) is 25.5 Å². The van der Waals surface area contributed by atoms with E-state index in [9.17, 15) is 0 Å². The van der Waals surface area contributed by atoms with Crippen LogP contribution in [0, 0.1) is 5.92 Å². The monoisotopic (exact) mass is 153 g/mol. The molecule has 0 radical (unpaired) electrons. The van der Waals surface area contributed by atoms with Crippen LogP contribution in [0.25, 0.3) is 0 Å². The first-order chi connectivity index (χ1) is 5.47. The van der Waals surface area contributed by atoms with Gasteiger partial charge in [0.25, 0.3) is 0 Å². The summed E-state index contributed by atoms with van der Waals surface area (Å²) in [6.07, 6.45) is 5.97. The first kappa shape index (κ1) is 7.17. The fourth-order valence-corrected chi connectivity index (χ4v) is 1.82. The molecule has 2 rings (SSSR count). The minimum atomic E-state index is 0.672. The van der Waals surface area contributed by atoms with Crippen molar-refractivity contribution in [2.24, 2.45) is 5.92 Å². The summed E-state index contributed by atoms with van der Waals surface area (Å²) < 4.78 is 5.51. The van der Waals surface area contributed by atoms with Gasteiger partial charge in [-0.2, -0.15) is 0 Å². The van der Waals surface area contributed by atoms with Gasteiger partial charge in [-0.3, -0.25) is 0 Å². The Morgan fingerprint density at radius 1 is 1.55 bits per heavy atom. The maximum Gasteiger partial charge on any atom is 0.0964 e. The smallest absolute Gasteiger partial charge is 0.0964 e. The Bertz CT molecular complexity index is 159. The molecule has 1 N–H and O–H groups in total. The highest BCUT2D eigenvalue weighted by atomic mass is 16.5. The summed E-state index contributed by atoms with van der Waals surface area (Å²) in [6, 6.07) is 0. The molecule has 1 fully saturated rings. The van der Waals surface area contributed by atoms with Crippen molar-refractivity contribution in [2.45, 2.75) is 19.3 Å². The molecule has 2 heterocycles. The second-order valence-electron chi connectivity index (χ2n) is 3.29. The van der Waals surface area contributed by atoms with Gasteiger partial charge in [-0.25, -0.2) is 0 Å². The van der Waals surface area contributed by atoms with Gasteiger partial charge in [0.15, 0.2) is 0 Å². The molecule has 2 nitrogen and oxygen atoms in total. The third-order valence-corrected chi connectivity index (χ3v) is 2.43. The maximum absolute atomic E-state index is 5.51. The van der Waals surface area contributed by atoms with Crippen LogP contribution in [0.3, 0.4) is 0 Å². The van der Waals surface area contributed by atoms with Crippen LogP contribution in [0.4, 0.5) is 0 Å².